The molecule has 1 aliphatic carbocycles. The molecule has 0 unspecified atom stereocenters. The van der Waals surface area contributed by atoms with E-state index in [0.717, 1.165) is 24.0 Å². The lowest BCUT2D eigenvalue weighted by Gasteiger charge is -2.42. The number of nitrogens with zero attached hydrogens (tertiary/aromatic N) is 3. The van der Waals surface area contributed by atoms with E-state index in [4.69, 9.17) is 4.74 Å². The van der Waals surface area contributed by atoms with Crippen LogP contribution in [-0.2, 0) is 20.9 Å². The van der Waals surface area contributed by atoms with E-state index in [1.807, 2.05) is 47.4 Å². The number of hydrogen-bond acceptors (Lipinski definition) is 4. The van der Waals surface area contributed by atoms with Crippen molar-refractivity contribution in [3.05, 3.63) is 66.0 Å². The maximum Gasteiger partial charge on any atom is 0.254 e. The fourth-order valence-electron chi connectivity index (χ4n) is 3.66. The highest BCUT2D eigenvalue weighted by molar-refractivity contribution is 5.86. The van der Waals surface area contributed by atoms with Gasteiger partial charge in [0, 0.05) is 32.0 Å². The van der Waals surface area contributed by atoms with Crippen LogP contribution >= 0.6 is 0 Å². The van der Waals surface area contributed by atoms with Gasteiger partial charge in [-0.25, -0.2) is 0 Å². The van der Waals surface area contributed by atoms with Crippen LogP contribution in [0.1, 0.15) is 30.0 Å². The molecule has 2 aliphatic rings. The van der Waals surface area contributed by atoms with Crippen molar-refractivity contribution in [1.29, 1.82) is 0 Å². The van der Waals surface area contributed by atoms with Crippen LogP contribution in [0.5, 0.6) is 0 Å². The molecule has 27 heavy (non-hydrogen) atoms. The molecular formula is C21H23N3O3. The first-order chi connectivity index (χ1) is 13.1. The van der Waals surface area contributed by atoms with E-state index in [0.29, 0.717) is 6.54 Å². The second-order valence-corrected chi connectivity index (χ2v) is 7.17. The quantitative estimate of drug-likeness (QED) is 0.815. The van der Waals surface area contributed by atoms with E-state index in [-0.39, 0.29) is 30.5 Å². The van der Waals surface area contributed by atoms with E-state index in [2.05, 4.69) is 4.98 Å². The van der Waals surface area contributed by atoms with E-state index < -0.39 is 6.10 Å². The van der Waals surface area contributed by atoms with Crippen LogP contribution < -0.4 is 0 Å². The normalized spacial score (nSPS) is 22.6. The predicted molar refractivity (Wildman–Crippen MR) is 99.5 cm³/mol. The van der Waals surface area contributed by atoms with Gasteiger partial charge in [0.25, 0.3) is 5.91 Å². The second kappa shape index (κ2) is 7.48. The van der Waals surface area contributed by atoms with Crippen molar-refractivity contribution in [2.45, 2.75) is 37.6 Å². The monoisotopic (exact) mass is 365 g/mol. The Bertz CT molecular complexity index is 808. The van der Waals surface area contributed by atoms with Gasteiger partial charge in [-0.1, -0.05) is 36.4 Å². The summed E-state index contributed by atoms with van der Waals surface area (Å²) in [6.45, 7) is 0.405. The highest BCUT2D eigenvalue weighted by Crippen LogP contribution is 2.39. The summed E-state index contributed by atoms with van der Waals surface area (Å²) in [6.07, 6.45) is 4.73. The third kappa shape index (κ3) is 3.71. The molecule has 0 bridgehead atoms. The molecule has 2 heterocycles. The average Bonchev–Trinajstić information content (AvgIpc) is 3.53. The minimum absolute atomic E-state index is 0.0367. The largest absolute Gasteiger partial charge is 0.356 e. The fourth-order valence-corrected chi connectivity index (χ4v) is 3.66. The number of carbonyl (C=O) groups excluding carboxylic acids is 2. The molecule has 2 atom stereocenters. The average molecular weight is 365 g/mol. The molecule has 2 fully saturated rings. The summed E-state index contributed by atoms with van der Waals surface area (Å²) in [7, 11) is 1.76. The lowest BCUT2D eigenvalue weighted by atomic mass is 9.96. The lowest BCUT2D eigenvalue weighted by molar-refractivity contribution is -0.170. The van der Waals surface area contributed by atoms with Crippen LogP contribution in [0.15, 0.2) is 54.9 Å². The first-order valence-electron chi connectivity index (χ1n) is 9.27. The van der Waals surface area contributed by atoms with Crippen LogP contribution in [0.2, 0.25) is 0 Å². The zero-order chi connectivity index (χ0) is 18.8. The van der Waals surface area contributed by atoms with Crippen molar-refractivity contribution in [1.82, 2.24) is 14.8 Å². The summed E-state index contributed by atoms with van der Waals surface area (Å²) >= 11 is 0. The number of ether oxygens (including phenoxy) is 1. The van der Waals surface area contributed by atoms with Gasteiger partial charge >= 0.3 is 0 Å². The Kier molecular flexibility index (Phi) is 4.90. The Morgan fingerprint density at radius 2 is 2.00 bits per heavy atom. The van der Waals surface area contributed by atoms with Crippen molar-refractivity contribution >= 4 is 11.8 Å². The number of benzene rings is 1. The molecule has 4 rings (SSSR count). The van der Waals surface area contributed by atoms with Gasteiger partial charge in [-0.2, -0.15) is 0 Å². The Morgan fingerprint density at radius 1 is 1.22 bits per heavy atom. The van der Waals surface area contributed by atoms with Gasteiger partial charge in [-0.15, -0.1) is 0 Å². The van der Waals surface area contributed by atoms with Gasteiger partial charge in [0.1, 0.15) is 6.61 Å². The first-order valence-corrected chi connectivity index (χ1v) is 9.27. The lowest BCUT2D eigenvalue weighted by Crippen LogP contribution is -2.55. The van der Waals surface area contributed by atoms with E-state index >= 15 is 0 Å². The second-order valence-electron chi connectivity index (χ2n) is 7.17. The molecule has 0 spiro atoms. The highest BCUT2D eigenvalue weighted by atomic mass is 16.5. The molecule has 1 saturated carbocycles. The van der Waals surface area contributed by atoms with Crippen LogP contribution in [0.4, 0.5) is 0 Å². The third-order valence-electron chi connectivity index (χ3n) is 5.10. The van der Waals surface area contributed by atoms with Crippen molar-refractivity contribution < 1.29 is 14.3 Å². The molecule has 2 amide bonds. The van der Waals surface area contributed by atoms with Crippen LogP contribution in [0.25, 0.3) is 0 Å². The topological polar surface area (TPSA) is 62.7 Å². The molecule has 140 valence electrons. The number of carbonyl (C=O) groups is 2. The number of rotatable bonds is 5. The van der Waals surface area contributed by atoms with Crippen molar-refractivity contribution in [2.75, 3.05) is 13.7 Å². The molecule has 0 N–H and O–H groups in total. The highest BCUT2D eigenvalue weighted by Gasteiger charge is 2.47. The van der Waals surface area contributed by atoms with Gasteiger partial charge in [-0.3, -0.25) is 14.6 Å². The maximum absolute atomic E-state index is 13.2. The van der Waals surface area contributed by atoms with Crippen LogP contribution in [0.3, 0.4) is 0 Å². The minimum Gasteiger partial charge on any atom is -0.356 e. The van der Waals surface area contributed by atoms with Crippen molar-refractivity contribution in [3.8, 4) is 0 Å². The minimum atomic E-state index is -0.702. The summed E-state index contributed by atoms with van der Waals surface area (Å²) in [5.41, 5.74) is 1.89. The number of amides is 2. The SMILES string of the molecule is CN(Cc1cccnc1)C(=O)[C@@H]1OCC(=O)N(C2CC2)[C@H]1c1ccccc1. The smallest absolute Gasteiger partial charge is 0.254 e. The molecule has 1 aliphatic heterocycles. The number of aromatic nitrogens is 1. The molecule has 6 heteroatoms. The molecular weight excluding hydrogens is 342 g/mol. The Balaban J connectivity index is 1.60. The van der Waals surface area contributed by atoms with E-state index in [1.165, 1.54) is 0 Å². The zero-order valence-corrected chi connectivity index (χ0v) is 15.3. The number of hydrogen-bond donors (Lipinski definition) is 0. The van der Waals surface area contributed by atoms with E-state index in [9.17, 15) is 9.59 Å². The summed E-state index contributed by atoms with van der Waals surface area (Å²) in [5.74, 6) is -0.156. The number of pyridine rings is 1. The summed E-state index contributed by atoms with van der Waals surface area (Å²) in [5, 5.41) is 0. The van der Waals surface area contributed by atoms with Gasteiger partial charge in [0.05, 0.1) is 6.04 Å². The van der Waals surface area contributed by atoms with E-state index in [1.54, 1.807) is 24.3 Å². The summed E-state index contributed by atoms with van der Waals surface area (Å²) in [6, 6.07) is 13.3. The summed E-state index contributed by atoms with van der Waals surface area (Å²) in [4.78, 5) is 33.4. The number of likely N-dealkylation sites (N-methyl/N-ethyl adjacent to an activating group) is 1. The zero-order valence-electron chi connectivity index (χ0n) is 15.3. The predicted octanol–water partition coefficient (Wildman–Crippen LogP) is 2.17. The van der Waals surface area contributed by atoms with Gasteiger partial charge in [0.2, 0.25) is 5.91 Å². The Morgan fingerprint density at radius 3 is 2.67 bits per heavy atom. The molecule has 1 saturated heterocycles. The molecule has 1 aromatic heterocycles. The molecule has 6 nitrogen and oxygen atoms in total. The standard InChI is InChI=1S/C21H23N3O3/c1-23(13-15-6-5-11-22-12-15)21(26)20-19(16-7-3-2-4-8-16)24(17-9-10-17)18(25)14-27-20/h2-8,11-12,17,19-20H,9-10,13-14H2,1H3/t19-,20+/m0/s1. The number of morpholine rings is 1. The molecule has 0 radical (unpaired) electrons. The van der Waals surface area contributed by atoms with Gasteiger partial charge in [0.15, 0.2) is 6.10 Å². The van der Waals surface area contributed by atoms with Crippen molar-refractivity contribution in [2.24, 2.45) is 0 Å². The Labute approximate surface area is 158 Å². The van der Waals surface area contributed by atoms with Gasteiger partial charge < -0.3 is 14.5 Å². The molecule has 2 aromatic rings. The third-order valence-corrected chi connectivity index (χ3v) is 5.10. The fraction of sp³-hybridized carbons (Fsp3) is 0.381. The Hall–Kier alpha value is -2.73. The summed E-state index contributed by atoms with van der Waals surface area (Å²) < 4.78 is 5.79. The first kappa shape index (κ1) is 17.7. The molecule has 1 aromatic carbocycles. The van der Waals surface area contributed by atoms with Crippen molar-refractivity contribution in [3.63, 3.8) is 0 Å². The maximum atomic E-state index is 13.2. The van der Waals surface area contributed by atoms with Gasteiger partial charge in [-0.05, 0) is 30.0 Å². The van der Waals surface area contributed by atoms with Crippen LogP contribution in [0, 0.1) is 0 Å². The van der Waals surface area contributed by atoms with Crippen LogP contribution in [-0.4, -0.2) is 52.4 Å².